The van der Waals surface area contributed by atoms with Crippen molar-refractivity contribution in [2.45, 2.75) is 12.6 Å². The lowest BCUT2D eigenvalue weighted by atomic mass is 10.3. The van der Waals surface area contributed by atoms with E-state index in [1.54, 1.807) is 6.92 Å². The number of fused-ring (bicyclic) bond motifs is 1. The predicted molar refractivity (Wildman–Crippen MR) is 27.3 cm³/mol. The third-order valence-electron chi connectivity index (χ3n) is 2.42. The summed E-state index contributed by atoms with van der Waals surface area (Å²) in [5.41, 5.74) is -0.863. The minimum absolute atomic E-state index is 0.238. The third kappa shape index (κ3) is 0.356. The van der Waals surface area contributed by atoms with Gasteiger partial charge in [-0.15, -0.1) is 0 Å². The van der Waals surface area contributed by atoms with Crippen LogP contribution in [0.2, 0.25) is 0 Å². The minimum atomic E-state index is -0.863. The van der Waals surface area contributed by atoms with Gasteiger partial charge in [-0.05, 0) is 6.92 Å². The van der Waals surface area contributed by atoms with E-state index in [4.69, 9.17) is 4.74 Å². The number of hydrogen-bond donors (Lipinski definition) is 0. The van der Waals surface area contributed by atoms with Crippen molar-refractivity contribution in [2.24, 2.45) is 11.8 Å². The molecule has 2 unspecified atom stereocenters. The summed E-state index contributed by atoms with van der Waals surface area (Å²) < 4.78 is 17.8. The van der Waals surface area contributed by atoms with Crippen molar-refractivity contribution in [3.05, 3.63) is 0 Å². The second-order valence-electron chi connectivity index (χ2n) is 2.90. The molecule has 0 aromatic heterocycles. The molecule has 8 heavy (non-hydrogen) atoms. The number of halogens is 1. The molecule has 0 N–H and O–H groups in total. The van der Waals surface area contributed by atoms with Crippen LogP contribution in [0.3, 0.4) is 0 Å². The Kier molecular flexibility index (Phi) is 0.639. The van der Waals surface area contributed by atoms with E-state index in [1.807, 2.05) is 0 Å². The van der Waals surface area contributed by atoms with Gasteiger partial charge in [-0.2, -0.15) is 0 Å². The average Bonchev–Trinajstić information content (AvgIpc) is 2.22. The van der Waals surface area contributed by atoms with Gasteiger partial charge < -0.3 is 4.74 Å². The minimum Gasteiger partial charge on any atom is -0.381 e. The zero-order chi connectivity index (χ0) is 5.78. The summed E-state index contributed by atoms with van der Waals surface area (Å²) in [5.74, 6) is 0.477. The van der Waals surface area contributed by atoms with E-state index in [1.165, 1.54) is 0 Å². The highest BCUT2D eigenvalue weighted by Gasteiger charge is 2.65. The molecule has 0 radical (unpaired) electrons. The highest BCUT2D eigenvalue weighted by molar-refractivity contribution is 5.12. The topological polar surface area (TPSA) is 9.23 Å². The normalized spacial score (nSPS) is 60.8. The molecule has 0 amide bonds. The standard InChI is InChI=1S/C6H9FO/c1-6(7)4-2-8-3-5(4)6/h4-5H,2-3H2,1H3. The summed E-state index contributed by atoms with van der Waals surface area (Å²) in [4.78, 5) is 0. The van der Waals surface area contributed by atoms with Crippen molar-refractivity contribution >= 4 is 0 Å². The predicted octanol–water partition coefficient (Wildman–Crippen LogP) is 0.991. The number of hydrogen-bond acceptors (Lipinski definition) is 1. The van der Waals surface area contributed by atoms with Crippen molar-refractivity contribution in [3.8, 4) is 0 Å². The Labute approximate surface area is 47.8 Å². The summed E-state index contributed by atoms with van der Waals surface area (Å²) in [5, 5.41) is 0. The van der Waals surface area contributed by atoms with Crippen LogP contribution in [0, 0.1) is 11.8 Å². The maximum Gasteiger partial charge on any atom is 0.119 e. The van der Waals surface area contributed by atoms with Crippen LogP contribution < -0.4 is 0 Å². The lowest BCUT2D eigenvalue weighted by Gasteiger charge is -2.02. The van der Waals surface area contributed by atoms with Crippen LogP contribution >= 0.6 is 0 Å². The van der Waals surface area contributed by atoms with E-state index in [0.717, 1.165) is 0 Å². The Morgan fingerprint density at radius 1 is 1.50 bits per heavy atom. The molecule has 1 aliphatic heterocycles. The molecule has 1 aliphatic carbocycles. The van der Waals surface area contributed by atoms with Crippen LogP contribution in [-0.2, 0) is 4.74 Å². The summed E-state index contributed by atoms with van der Waals surface area (Å²) in [7, 11) is 0. The SMILES string of the molecule is CC1(F)C2COCC21. The van der Waals surface area contributed by atoms with E-state index >= 15 is 0 Å². The van der Waals surface area contributed by atoms with Gasteiger partial charge in [-0.1, -0.05) is 0 Å². The fraction of sp³-hybridized carbons (Fsp3) is 1.00. The third-order valence-corrected chi connectivity index (χ3v) is 2.42. The Balaban J connectivity index is 2.13. The van der Waals surface area contributed by atoms with Gasteiger partial charge in [-0.25, -0.2) is 4.39 Å². The summed E-state index contributed by atoms with van der Waals surface area (Å²) in [6, 6.07) is 0. The monoisotopic (exact) mass is 116 g/mol. The van der Waals surface area contributed by atoms with E-state index in [9.17, 15) is 4.39 Å². The van der Waals surface area contributed by atoms with Crippen molar-refractivity contribution < 1.29 is 9.13 Å². The Hall–Kier alpha value is -0.110. The van der Waals surface area contributed by atoms with E-state index in [2.05, 4.69) is 0 Å². The first-order chi connectivity index (χ1) is 3.73. The Morgan fingerprint density at radius 2 is 2.00 bits per heavy atom. The summed E-state index contributed by atoms with van der Waals surface area (Å²) in [6.07, 6.45) is 0. The fourth-order valence-electron chi connectivity index (χ4n) is 1.54. The van der Waals surface area contributed by atoms with Gasteiger partial charge in [0.25, 0.3) is 0 Å². The highest BCUT2D eigenvalue weighted by Crippen LogP contribution is 2.56. The van der Waals surface area contributed by atoms with Gasteiger partial charge >= 0.3 is 0 Å². The van der Waals surface area contributed by atoms with Crippen LogP contribution in [0.1, 0.15) is 6.92 Å². The molecule has 1 saturated carbocycles. The zero-order valence-electron chi connectivity index (χ0n) is 4.86. The van der Waals surface area contributed by atoms with Gasteiger partial charge in [-0.3, -0.25) is 0 Å². The Bertz CT molecular complexity index is 110. The fourth-order valence-corrected chi connectivity index (χ4v) is 1.54. The first-order valence-electron chi connectivity index (χ1n) is 2.99. The van der Waals surface area contributed by atoms with Crippen molar-refractivity contribution in [2.75, 3.05) is 13.2 Å². The maximum absolute atomic E-state index is 12.8. The smallest absolute Gasteiger partial charge is 0.119 e. The highest BCUT2D eigenvalue weighted by atomic mass is 19.1. The summed E-state index contributed by atoms with van der Waals surface area (Å²) in [6.45, 7) is 2.97. The molecule has 2 aliphatic rings. The maximum atomic E-state index is 12.8. The molecular weight excluding hydrogens is 107 g/mol. The number of alkyl halides is 1. The molecule has 1 nitrogen and oxygen atoms in total. The van der Waals surface area contributed by atoms with Crippen LogP contribution in [0.5, 0.6) is 0 Å². The van der Waals surface area contributed by atoms with Crippen molar-refractivity contribution in [1.29, 1.82) is 0 Å². The number of ether oxygens (including phenoxy) is 1. The van der Waals surface area contributed by atoms with Crippen molar-refractivity contribution in [1.82, 2.24) is 0 Å². The number of rotatable bonds is 0. The van der Waals surface area contributed by atoms with E-state index < -0.39 is 5.67 Å². The molecule has 0 aromatic carbocycles. The van der Waals surface area contributed by atoms with E-state index in [0.29, 0.717) is 13.2 Å². The van der Waals surface area contributed by atoms with Gasteiger partial charge in [0.1, 0.15) is 5.67 Å². The first-order valence-corrected chi connectivity index (χ1v) is 2.99. The zero-order valence-corrected chi connectivity index (χ0v) is 4.86. The van der Waals surface area contributed by atoms with Gasteiger partial charge in [0.2, 0.25) is 0 Å². The van der Waals surface area contributed by atoms with Gasteiger partial charge in [0, 0.05) is 11.8 Å². The van der Waals surface area contributed by atoms with E-state index in [-0.39, 0.29) is 11.8 Å². The molecule has 46 valence electrons. The average molecular weight is 116 g/mol. The first kappa shape index (κ1) is 4.74. The molecule has 1 saturated heterocycles. The largest absolute Gasteiger partial charge is 0.381 e. The molecule has 2 rings (SSSR count). The van der Waals surface area contributed by atoms with Crippen LogP contribution in [-0.4, -0.2) is 18.9 Å². The molecular formula is C6H9FO. The van der Waals surface area contributed by atoms with Gasteiger partial charge in [0.05, 0.1) is 13.2 Å². The molecule has 0 bridgehead atoms. The lowest BCUT2D eigenvalue weighted by Crippen LogP contribution is -2.08. The van der Waals surface area contributed by atoms with Crippen LogP contribution in [0.4, 0.5) is 4.39 Å². The molecule has 1 heterocycles. The summed E-state index contributed by atoms with van der Waals surface area (Å²) >= 11 is 0. The van der Waals surface area contributed by atoms with Gasteiger partial charge in [0.15, 0.2) is 0 Å². The Morgan fingerprint density at radius 3 is 2.25 bits per heavy atom. The molecule has 2 heteroatoms. The van der Waals surface area contributed by atoms with Crippen LogP contribution in [0.15, 0.2) is 0 Å². The second-order valence-corrected chi connectivity index (χ2v) is 2.90. The van der Waals surface area contributed by atoms with Crippen molar-refractivity contribution in [3.63, 3.8) is 0 Å². The second kappa shape index (κ2) is 1.08. The lowest BCUT2D eigenvalue weighted by molar-refractivity contribution is 0.108. The molecule has 0 spiro atoms. The van der Waals surface area contributed by atoms with Crippen LogP contribution in [0.25, 0.3) is 0 Å². The molecule has 0 aromatic rings. The molecule has 2 fully saturated rings. The quantitative estimate of drug-likeness (QED) is 0.458. The molecule has 2 atom stereocenters.